The molecular weight excluding hydrogens is 289 g/mol. The van der Waals surface area contributed by atoms with Crippen molar-refractivity contribution in [2.24, 2.45) is 17.3 Å². The fraction of sp³-hybridized carbons (Fsp3) is 0.857. The minimum atomic E-state index is -4.56. The van der Waals surface area contributed by atoms with Crippen LogP contribution in [0.25, 0.3) is 0 Å². The van der Waals surface area contributed by atoms with E-state index in [0.29, 0.717) is 25.7 Å². The average molecular weight is 308 g/mol. The SMILES string of the molecule is O=C(O)CC1(CC(F)(F)F)CCC2CC(O)CCC2C1=O. The second kappa shape index (κ2) is 5.59. The molecule has 0 aromatic rings. The number of carbonyl (C=O) groups excluding carboxylic acids is 1. The lowest BCUT2D eigenvalue weighted by Gasteiger charge is -2.45. The standard InChI is InChI=1S/C14H19F3O4/c15-14(16,17)7-13(6-11(19)20)4-3-8-5-9(18)1-2-10(8)12(13)21/h8-10,18H,1-7H2,(H,19,20). The fourth-order valence-corrected chi connectivity index (χ4v) is 3.97. The fourth-order valence-electron chi connectivity index (χ4n) is 3.97. The topological polar surface area (TPSA) is 74.6 Å². The molecule has 0 saturated heterocycles. The lowest BCUT2D eigenvalue weighted by Crippen LogP contribution is -2.49. The molecule has 2 aliphatic rings. The number of hydrogen-bond donors (Lipinski definition) is 2. The molecule has 4 atom stereocenters. The number of fused-ring (bicyclic) bond motifs is 1. The van der Waals surface area contributed by atoms with E-state index >= 15 is 0 Å². The number of ketones is 1. The summed E-state index contributed by atoms with van der Waals surface area (Å²) in [6.07, 6.45) is -5.73. The molecule has 0 heterocycles. The third-order valence-corrected chi connectivity index (χ3v) is 4.84. The quantitative estimate of drug-likeness (QED) is 0.840. The molecule has 7 heteroatoms. The number of rotatable bonds is 3. The van der Waals surface area contributed by atoms with E-state index in [1.54, 1.807) is 0 Å². The Kier molecular flexibility index (Phi) is 4.33. The Labute approximate surface area is 120 Å². The molecule has 0 bridgehead atoms. The molecular formula is C14H19F3O4. The monoisotopic (exact) mass is 308 g/mol. The van der Waals surface area contributed by atoms with Crippen molar-refractivity contribution >= 4 is 11.8 Å². The number of aliphatic hydroxyl groups excluding tert-OH is 1. The number of aliphatic hydroxyl groups is 1. The van der Waals surface area contributed by atoms with Crippen molar-refractivity contribution in [2.75, 3.05) is 0 Å². The normalized spacial score (nSPS) is 37.1. The number of carboxylic acid groups (broad SMARTS) is 1. The number of halogens is 3. The predicted molar refractivity (Wildman–Crippen MR) is 66.4 cm³/mol. The van der Waals surface area contributed by atoms with E-state index in [1.165, 1.54) is 0 Å². The van der Waals surface area contributed by atoms with Gasteiger partial charge in [0.1, 0.15) is 5.78 Å². The Hall–Kier alpha value is -1.11. The van der Waals surface area contributed by atoms with Crippen LogP contribution in [0.2, 0.25) is 0 Å². The number of aliphatic carboxylic acids is 1. The van der Waals surface area contributed by atoms with Gasteiger partial charge in [0.05, 0.1) is 18.9 Å². The van der Waals surface area contributed by atoms with Crippen molar-refractivity contribution in [3.63, 3.8) is 0 Å². The van der Waals surface area contributed by atoms with Gasteiger partial charge in [-0.2, -0.15) is 13.2 Å². The smallest absolute Gasteiger partial charge is 0.390 e. The molecule has 4 unspecified atom stereocenters. The van der Waals surface area contributed by atoms with E-state index in [2.05, 4.69) is 0 Å². The number of hydrogen-bond acceptors (Lipinski definition) is 3. The maximum Gasteiger partial charge on any atom is 0.390 e. The summed E-state index contributed by atoms with van der Waals surface area (Å²) in [7, 11) is 0. The van der Waals surface area contributed by atoms with Crippen LogP contribution in [0.1, 0.15) is 44.9 Å². The second-order valence-electron chi connectivity index (χ2n) is 6.38. The molecule has 0 aromatic carbocycles. The molecule has 0 amide bonds. The van der Waals surface area contributed by atoms with Crippen LogP contribution >= 0.6 is 0 Å². The van der Waals surface area contributed by atoms with Gasteiger partial charge in [-0.05, 0) is 38.0 Å². The number of carbonyl (C=O) groups is 2. The molecule has 2 aliphatic carbocycles. The molecule has 4 nitrogen and oxygen atoms in total. The molecule has 0 aliphatic heterocycles. The average Bonchev–Trinajstić information content (AvgIpc) is 2.31. The van der Waals surface area contributed by atoms with Crippen LogP contribution in [-0.4, -0.2) is 34.2 Å². The zero-order chi connectivity index (χ0) is 15.8. The molecule has 2 N–H and O–H groups in total. The lowest BCUT2D eigenvalue weighted by molar-refractivity contribution is -0.181. The number of carboxylic acids is 1. The van der Waals surface area contributed by atoms with E-state index in [0.717, 1.165) is 0 Å². The highest BCUT2D eigenvalue weighted by Gasteiger charge is 2.55. The zero-order valence-electron chi connectivity index (χ0n) is 11.5. The van der Waals surface area contributed by atoms with Crippen LogP contribution in [0.15, 0.2) is 0 Å². The maximum atomic E-state index is 12.8. The van der Waals surface area contributed by atoms with Crippen molar-refractivity contribution in [2.45, 2.75) is 57.2 Å². The summed E-state index contributed by atoms with van der Waals surface area (Å²) in [5.74, 6) is -2.59. The van der Waals surface area contributed by atoms with E-state index < -0.39 is 48.2 Å². The summed E-state index contributed by atoms with van der Waals surface area (Å²) in [4.78, 5) is 23.5. The van der Waals surface area contributed by atoms with E-state index in [-0.39, 0.29) is 12.3 Å². The summed E-state index contributed by atoms with van der Waals surface area (Å²) in [5, 5.41) is 18.5. The largest absolute Gasteiger partial charge is 0.481 e. The van der Waals surface area contributed by atoms with E-state index in [4.69, 9.17) is 5.11 Å². The van der Waals surface area contributed by atoms with Crippen LogP contribution in [0.4, 0.5) is 13.2 Å². The second-order valence-corrected chi connectivity index (χ2v) is 6.38. The van der Waals surface area contributed by atoms with Crippen LogP contribution in [0.3, 0.4) is 0 Å². The minimum absolute atomic E-state index is 0.0640. The van der Waals surface area contributed by atoms with Gasteiger partial charge >= 0.3 is 12.1 Å². The van der Waals surface area contributed by atoms with Crippen molar-refractivity contribution < 1.29 is 33.0 Å². The van der Waals surface area contributed by atoms with E-state index in [9.17, 15) is 27.9 Å². The van der Waals surface area contributed by atoms with Crippen LogP contribution in [0, 0.1) is 17.3 Å². The van der Waals surface area contributed by atoms with Gasteiger partial charge in [-0.3, -0.25) is 9.59 Å². The Morgan fingerprint density at radius 1 is 1.29 bits per heavy atom. The lowest BCUT2D eigenvalue weighted by atomic mass is 9.58. The molecule has 21 heavy (non-hydrogen) atoms. The minimum Gasteiger partial charge on any atom is -0.481 e. The Morgan fingerprint density at radius 2 is 1.95 bits per heavy atom. The van der Waals surface area contributed by atoms with Gasteiger partial charge in [0.25, 0.3) is 0 Å². The molecule has 2 saturated carbocycles. The van der Waals surface area contributed by atoms with Gasteiger partial charge in [0.15, 0.2) is 0 Å². The summed E-state index contributed by atoms with van der Waals surface area (Å²) in [6.45, 7) is 0. The summed E-state index contributed by atoms with van der Waals surface area (Å²) in [5.41, 5.74) is -1.83. The molecule has 2 rings (SSSR count). The Morgan fingerprint density at radius 3 is 2.52 bits per heavy atom. The van der Waals surface area contributed by atoms with Crippen LogP contribution in [-0.2, 0) is 9.59 Å². The first-order valence-corrected chi connectivity index (χ1v) is 7.14. The first-order valence-electron chi connectivity index (χ1n) is 7.14. The summed E-state index contributed by atoms with van der Waals surface area (Å²) in [6, 6.07) is 0. The highest BCUT2D eigenvalue weighted by Crippen LogP contribution is 2.51. The van der Waals surface area contributed by atoms with Crippen molar-refractivity contribution in [1.29, 1.82) is 0 Å². The molecule has 0 aromatic heterocycles. The third kappa shape index (κ3) is 3.56. The van der Waals surface area contributed by atoms with Gasteiger partial charge in [0.2, 0.25) is 0 Å². The molecule has 0 spiro atoms. The highest BCUT2D eigenvalue weighted by atomic mass is 19.4. The molecule has 120 valence electrons. The summed E-state index contributed by atoms with van der Waals surface area (Å²) < 4.78 is 38.4. The first-order chi connectivity index (χ1) is 9.63. The Bertz CT molecular complexity index is 434. The molecule has 2 fully saturated rings. The van der Waals surface area contributed by atoms with Crippen LogP contribution in [0.5, 0.6) is 0 Å². The van der Waals surface area contributed by atoms with Gasteiger partial charge in [-0.15, -0.1) is 0 Å². The van der Waals surface area contributed by atoms with Crippen molar-refractivity contribution in [3.05, 3.63) is 0 Å². The molecule has 0 radical (unpaired) electrons. The highest BCUT2D eigenvalue weighted by molar-refractivity contribution is 5.91. The van der Waals surface area contributed by atoms with Gasteiger partial charge in [0, 0.05) is 11.3 Å². The zero-order valence-corrected chi connectivity index (χ0v) is 11.5. The van der Waals surface area contributed by atoms with Crippen molar-refractivity contribution in [1.82, 2.24) is 0 Å². The van der Waals surface area contributed by atoms with Crippen LogP contribution < -0.4 is 0 Å². The summed E-state index contributed by atoms with van der Waals surface area (Å²) >= 11 is 0. The predicted octanol–water partition coefficient (Wildman–Crippen LogP) is 2.54. The first kappa shape index (κ1) is 16.3. The third-order valence-electron chi connectivity index (χ3n) is 4.84. The van der Waals surface area contributed by atoms with Crippen molar-refractivity contribution in [3.8, 4) is 0 Å². The maximum absolute atomic E-state index is 12.8. The van der Waals surface area contributed by atoms with Gasteiger partial charge in [-0.1, -0.05) is 0 Å². The van der Waals surface area contributed by atoms with E-state index in [1.807, 2.05) is 0 Å². The number of alkyl halides is 3. The number of Topliss-reactive ketones (excluding diaryl/α,β-unsaturated/α-hetero) is 1. The van der Waals surface area contributed by atoms with Gasteiger partial charge < -0.3 is 10.2 Å². The van der Waals surface area contributed by atoms with Gasteiger partial charge in [-0.25, -0.2) is 0 Å². The Balaban J connectivity index is 2.25.